The van der Waals surface area contributed by atoms with Crippen molar-refractivity contribution in [3.63, 3.8) is 0 Å². The zero-order valence-corrected chi connectivity index (χ0v) is 14.6. The molecule has 0 unspecified atom stereocenters. The van der Waals surface area contributed by atoms with Gasteiger partial charge in [0.05, 0.1) is 0 Å². The second-order valence-electron chi connectivity index (χ2n) is 5.62. The van der Waals surface area contributed by atoms with Gasteiger partial charge in [-0.05, 0) is 19.1 Å². The molecule has 3 aromatic rings. The molecule has 1 heterocycles. The van der Waals surface area contributed by atoms with Crippen molar-refractivity contribution < 1.29 is 13.2 Å². The standard InChI is InChI=1S/C18H17N3O3S/c1-13(22)15-9-6-10-16(11-15)20-25(23,24)17-12-21(2)19-18(17)14-7-4-3-5-8-14/h3-12,20H,1-2H3. The molecule has 6 nitrogen and oxygen atoms in total. The maximum Gasteiger partial charge on any atom is 0.265 e. The molecule has 0 radical (unpaired) electrons. The Morgan fingerprint density at radius 1 is 1.08 bits per heavy atom. The molecule has 0 bridgehead atoms. The van der Waals surface area contributed by atoms with Gasteiger partial charge in [0.15, 0.2) is 5.78 Å². The van der Waals surface area contributed by atoms with E-state index in [0.717, 1.165) is 0 Å². The molecule has 0 fully saturated rings. The van der Waals surface area contributed by atoms with Crippen LogP contribution in [0, 0.1) is 0 Å². The van der Waals surface area contributed by atoms with Crippen molar-refractivity contribution in [1.29, 1.82) is 0 Å². The van der Waals surface area contributed by atoms with Crippen LogP contribution >= 0.6 is 0 Å². The number of hydrogen-bond acceptors (Lipinski definition) is 4. The molecule has 25 heavy (non-hydrogen) atoms. The summed E-state index contributed by atoms with van der Waals surface area (Å²) >= 11 is 0. The molecule has 0 aliphatic heterocycles. The Morgan fingerprint density at radius 2 is 1.80 bits per heavy atom. The number of carbonyl (C=O) groups is 1. The van der Waals surface area contributed by atoms with Crippen LogP contribution < -0.4 is 4.72 Å². The number of rotatable bonds is 5. The number of aromatic nitrogens is 2. The molecule has 0 aliphatic rings. The highest BCUT2D eigenvalue weighted by Crippen LogP contribution is 2.27. The average Bonchev–Trinajstić information content (AvgIpc) is 2.98. The van der Waals surface area contributed by atoms with Crippen LogP contribution in [0.2, 0.25) is 0 Å². The predicted molar refractivity (Wildman–Crippen MR) is 95.9 cm³/mol. The van der Waals surface area contributed by atoms with Gasteiger partial charge in [0.2, 0.25) is 0 Å². The number of hydrogen-bond donors (Lipinski definition) is 1. The number of ketones is 1. The first-order valence-electron chi connectivity index (χ1n) is 7.60. The summed E-state index contributed by atoms with van der Waals surface area (Å²) in [7, 11) is -2.19. The minimum atomic E-state index is -3.86. The molecule has 1 N–H and O–H groups in total. The number of Topliss-reactive ketones (excluding diaryl/α,β-unsaturated/α-hetero) is 1. The molecule has 0 atom stereocenters. The Morgan fingerprint density at radius 3 is 2.48 bits per heavy atom. The van der Waals surface area contributed by atoms with E-state index >= 15 is 0 Å². The monoisotopic (exact) mass is 355 g/mol. The summed E-state index contributed by atoms with van der Waals surface area (Å²) in [6.45, 7) is 1.43. The summed E-state index contributed by atoms with van der Waals surface area (Å²) in [4.78, 5) is 11.6. The minimum absolute atomic E-state index is 0.0782. The molecule has 0 saturated heterocycles. The quantitative estimate of drug-likeness (QED) is 0.713. The van der Waals surface area contributed by atoms with E-state index in [-0.39, 0.29) is 10.7 Å². The predicted octanol–water partition coefficient (Wildman–Crippen LogP) is 3.09. The second kappa shape index (κ2) is 6.52. The molecule has 128 valence electrons. The van der Waals surface area contributed by atoms with Gasteiger partial charge in [-0.15, -0.1) is 0 Å². The van der Waals surface area contributed by atoms with Crippen LogP contribution in [0.3, 0.4) is 0 Å². The second-order valence-corrected chi connectivity index (χ2v) is 7.27. The Hall–Kier alpha value is -2.93. The SMILES string of the molecule is CC(=O)c1cccc(NS(=O)(=O)c2cn(C)nc2-c2ccccc2)c1. The van der Waals surface area contributed by atoms with E-state index < -0.39 is 10.0 Å². The Kier molecular flexibility index (Phi) is 4.41. The Bertz CT molecular complexity index is 1020. The fourth-order valence-corrected chi connectivity index (χ4v) is 3.72. The maximum atomic E-state index is 12.8. The third-order valence-corrected chi connectivity index (χ3v) is 5.04. The highest BCUT2D eigenvalue weighted by molar-refractivity contribution is 7.92. The van der Waals surface area contributed by atoms with E-state index in [1.807, 2.05) is 18.2 Å². The summed E-state index contributed by atoms with van der Waals surface area (Å²) in [6.07, 6.45) is 1.46. The topological polar surface area (TPSA) is 81.1 Å². The number of anilines is 1. The van der Waals surface area contributed by atoms with Gasteiger partial charge in [0, 0.05) is 30.1 Å². The van der Waals surface area contributed by atoms with E-state index in [1.54, 1.807) is 37.4 Å². The fraction of sp³-hybridized carbons (Fsp3) is 0.111. The van der Waals surface area contributed by atoms with Crippen molar-refractivity contribution in [1.82, 2.24) is 9.78 Å². The first-order chi connectivity index (χ1) is 11.9. The Labute approximate surface area is 146 Å². The van der Waals surface area contributed by atoms with E-state index in [0.29, 0.717) is 22.5 Å². The first kappa shape index (κ1) is 16.9. The average molecular weight is 355 g/mol. The van der Waals surface area contributed by atoms with Gasteiger partial charge in [-0.3, -0.25) is 14.2 Å². The van der Waals surface area contributed by atoms with E-state index in [4.69, 9.17) is 0 Å². The van der Waals surface area contributed by atoms with Crippen molar-refractivity contribution in [3.05, 3.63) is 66.4 Å². The summed E-state index contributed by atoms with van der Waals surface area (Å²) < 4.78 is 29.7. The molecule has 3 rings (SSSR count). The number of aryl methyl sites for hydroxylation is 1. The molecule has 0 spiro atoms. The van der Waals surface area contributed by atoms with Gasteiger partial charge < -0.3 is 0 Å². The zero-order chi connectivity index (χ0) is 18.0. The fourth-order valence-electron chi connectivity index (χ4n) is 2.47. The summed E-state index contributed by atoms with van der Waals surface area (Å²) in [5.41, 5.74) is 1.85. The lowest BCUT2D eigenvalue weighted by Gasteiger charge is -2.09. The maximum absolute atomic E-state index is 12.8. The van der Waals surface area contributed by atoms with Gasteiger partial charge in [-0.1, -0.05) is 42.5 Å². The molecule has 7 heteroatoms. The van der Waals surface area contributed by atoms with Gasteiger partial charge in [-0.2, -0.15) is 5.10 Å². The Balaban J connectivity index is 2.02. The van der Waals surface area contributed by atoms with Crippen LogP contribution in [0.25, 0.3) is 11.3 Å². The van der Waals surface area contributed by atoms with Crippen molar-refractivity contribution in [2.24, 2.45) is 7.05 Å². The number of carbonyl (C=O) groups excluding carboxylic acids is 1. The first-order valence-corrected chi connectivity index (χ1v) is 9.08. The number of sulfonamides is 1. The molecular formula is C18H17N3O3S. The molecule has 0 amide bonds. The highest BCUT2D eigenvalue weighted by atomic mass is 32.2. The lowest BCUT2D eigenvalue weighted by atomic mass is 10.1. The lowest BCUT2D eigenvalue weighted by Crippen LogP contribution is -2.13. The van der Waals surface area contributed by atoms with Crippen LogP contribution in [-0.2, 0) is 17.1 Å². The molecule has 1 aromatic heterocycles. The van der Waals surface area contributed by atoms with Gasteiger partial charge in [-0.25, -0.2) is 8.42 Å². The third-order valence-electron chi connectivity index (χ3n) is 3.65. The third kappa shape index (κ3) is 3.61. The zero-order valence-electron chi connectivity index (χ0n) is 13.8. The number of benzene rings is 2. The van der Waals surface area contributed by atoms with Gasteiger partial charge in [0.1, 0.15) is 10.6 Å². The van der Waals surface area contributed by atoms with Crippen LogP contribution in [-0.4, -0.2) is 24.0 Å². The number of nitrogens with zero attached hydrogens (tertiary/aromatic N) is 2. The summed E-state index contributed by atoms with van der Waals surface area (Å²) in [5.74, 6) is -0.132. The normalized spacial score (nSPS) is 11.3. The van der Waals surface area contributed by atoms with E-state index in [9.17, 15) is 13.2 Å². The van der Waals surface area contributed by atoms with Crippen LogP contribution in [0.15, 0.2) is 65.7 Å². The van der Waals surface area contributed by atoms with Crippen molar-refractivity contribution in [2.45, 2.75) is 11.8 Å². The van der Waals surface area contributed by atoms with Crippen molar-refractivity contribution in [2.75, 3.05) is 4.72 Å². The largest absolute Gasteiger partial charge is 0.295 e. The van der Waals surface area contributed by atoms with Gasteiger partial charge >= 0.3 is 0 Å². The molecule has 0 saturated carbocycles. The van der Waals surface area contributed by atoms with Crippen molar-refractivity contribution in [3.8, 4) is 11.3 Å². The van der Waals surface area contributed by atoms with Crippen LogP contribution in [0.4, 0.5) is 5.69 Å². The summed E-state index contributed by atoms with van der Waals surface area (Å²) in [5, 5.41) is 4.28. The van der Waals surface area contributed by atoms with Crippen molar-refractivity contribution >= 4 is 21.5 Å². The highest BCUT2D eigenvalue weighted by Gasteiger charge is 2.23. The lowest BCUT2D eigenvalue weighted by molar-refractivity contribution is 0.101. The van der Waals surface area contributed by atoms with E-state index in [2.05, 4.69) is 9.82 Å². The van der Waals surface area contributed by atoms with Crippen LogP contribution in [0.5, 0.6) is 0 Å². The summed E-state index contributed by atoms with van der Waals surface area (Å²) in [6, 6.07) is 15.5. The van der Waals surface area contributed by atoms with Gasteiger partial charge in [0.25, 0.3) is 10.0 Å². The van der Waals surface area contributed by atoms with Crippen LogP contribution in [0.1, 0.15) is 17.3 Å². The molecule has 0 aliphatic carbocycles. The molecule has 2 aromatic carbocycles. The minimum Gasteiger partial charge on any atom is -0.295 e. The number of nitrogens with one attached hydrogen (secondary N) is 1. The van der Waals surface area contributed by atoms with E-state index in [1.165, 1.54) is 23.9 Å². The smallest absolute Gasteiger partial charge is 0.265 e. The molecular weight excluding hydrogens is 338 g/mol.